The fourth-order valence-electron chi connectivity index (χ4n) is 2.49. The van der Waals surface area contributed by atoms with Crippen molar-refractivity contribution in [3.8, 4) is 11.5 Å². The van der Waals surface area contributed by atoms with Gasteiger partial charge in [-0.15, -0.1) is 0 Å². The maximum atomic E-state index is 13.2. The van der Waals surface area contributed by atoms with E-state index in [0.717, 1.165) is 30.3 Å². The van der Waals surface area contributed by atoms with Gasteiger partial charge in [-0.05, 0) is 19.1 Å². The first-order valence-corrected chi connectivity index (χ1v) is 8.31. The quantitative estimate of drug-likeness (QED) is 0.459. The van der Waals surface area contributed by atoms with Crippen LogP contribution in [0.15, 0.2) is 30.3 Å². The molecule has 0 spiro atoms. The van der Waals surface area contributed by atoms with Gasteiger partial charge in [0.1, 0.15) is 18.8 Å². The minimum Gasteiger partial charge on any atom is -0.486 e. The fraction of sp³-hybridized carbons (Fsp3) is 0.222. The summed E-state index contributed by atoms with van der Waals surface area (Å²) in [6, 6.07) is 4.84. The highest BCUT2D eigenvalue weighted by Gasteiger charge is 2.29. The van der Waals surface area contributed by atoms with Crippen molar-refractivity contribution in [3.63, 3.8) is 0 Å². The van der Waals surface area contributed by atoms with Gasteiger partial charge in [0.25, 0.3) is 11.6 Å². The number of halogens is 2. The van der Waals surface area contributed by atoms with Crippen LogP contribution in [0.5, 0.6) is 11.5 Å². The van der Waals surface area contributed by atoms with Crippen LogP contribution in [0.4, 0.5) is 20.2 Å². The van der Waals surface area contributed by atoms with Gasteiger partial charge in [0.05, 0.1) is 11.0 Å². The van der Waals surface area contributed by atoms with Gasteiger partial charge < -0.3 is 19.5 Å². The van der Waals surface area contributed by atoms with Crippen molar-refractivity contribution in [1.29, 1.82) is 0 Å². The maximum Gasteiger partial charge on any atom is 0.346 e. The first kappa shape index (κ1) is 20.0. The Balaban J connectivity index is 1.75. The molecule has 1 heterocycles. The summed E-state index contributed by atoms with van der Waals surface area (Å²) in [5.74, 6) is -3.99. The monoisotopic (exact) mass is 408 g/mol. The predicted molar refractivity (Wildman–Crippen MR) is 94.0 cm³/mol. The number of amides is 1. The van der Waals surface area contributed by atoms with Crippen LogP contribution in [0.2, 0.25) is 0 Å². The molecule has 0 fully saturated rings. The summed E-state index contributed by atoms with van der Waals surface area (Å²) in [5, 5.41) is 13.5. The first-order chi connectivity index (χ1) is 13.8. The Morgan fingerprint density at radius 1 is 1.14 bits per heavy atom. The zero-order valence-corrected chi connectivity index (χ0v) is 14.9. The maximum absolute atomic E-state index is 13.2. The Bertz CT molecular complexity index is 996. The number of anilines is 1. The van der Waals surface area contributed by atoms with Crippen molar-refractivity contribution in [3.05, 3.63) is 57.6 Å². The summed E-state index contributed by atoms with van der Waals surface area (Å²) in [6.45, 7) is 1.62. The number of carbonyl (C=O) groups excluding carboxylic acids is 2. The molecule has 0 bridgehead atoms. The molecule has 0 unspecified atom stereocenters. The predicted octanol–water partition coefficient (Wildman–Crippen LogP) is 2.83. The minimum atomic E-state index is -1.39. The van der Waals surface area contributed by atoms with E-state index in [1.165, 1.54) is 6.92 Å². The molecule has 1 N–H and O–H groups in total. The smallest absolute Gasteiger partial charge is 0.346 e. The molecule has 1 aliphatic heterocycles. The molecule has 0 radical (unpaired) electrons. The van der Waals surface area contributed by atoms with Crippen molar-refractivity contribution in [2.24, 2.45) is 0 Å². The molecule has 1 aliphatic rings. The normalized spacial score (nSPS) is 13.3. The van der Waals surface area contributed by atoms with Crippen LogP contribution < -0.4 is 14.8 Å². The highest BCUT2D eigenvalue weighted by molar-refractivity contribution is 5.99. The Labute approximate surface area is 162 Å². The lowest BCUT2D eigenvalue weighted by molar-refractivity contribution is -0.385. The largest absolute Gasteiger partial charge is 0.486 e. The van der Waals surface area contributed by atoms with Gasteiger partial charge in [-0.25, -0.2) is 13.6 Å². The number of hydrogen-bond acceptors (Lipinski definition) is 7. The molecule has 9 nitrogen and oxygen atoms in total. The first-order valence-electron chi connectivity index (χ1n) is 8.31. The Morgan fingerprint density at radius 2 is 1.79 bits per heavy atom. The standard InChI is InChI=1S/C18H14F2N2O7/c1-9(17(23)21-10-2-3-12(19)13(20)6-10)29-18(24)11-7-15-16(28-5-4-27-15)8-14(11)22(25)26/h2-3,6-9H,4-5H2,1H3,(H,21,23)/t9-/m1/s1. The van der Waals surface area contributed by atoms with Gasteiger partial charge in [0.2, 0.25) is 0 Å². The molecule has 0 saturated carbocycles. The van der Waals surface area contributed by atoms with Crippen LogP contribution in [0.1, 0.15) is 17.3 Å². The summed E-state index contributed by atoms with van der Waals surface area (Å²) in [4.78, 5) is 35.1. The second-order valence-electron chi connectivity index (χ2n) is 5.94. The van der Waals surface area contributed by atoms with Crippen molar-refractivity contribution in [2.45, 2.75) is 13.0 Å². The van der Waals surface area contributed by atoms with E-state index >= 15 is 0 Å². The van der Waals surface area contributed by atoms with E-state index in [4.69, 9.17) is 14.2 Å². The number of nitro benzene ring substituents is 1. The van der Waals surface area contributed by atoms with Gasteiger partial charge in [-0.2, -0.15) is 0 Å². The van der Waals surface area contributed by atoms with E-state index in [0.29, 0.717) is 0 Å². The lowest BCUT2D eigenvalue weighted by atomic mass is 10.1. The second kappa shape index (κ2) is 8.09. The molecule has 0 aromatic heterocycles. The van der Waals surface area contributed by atoms with E-state index in [2.05, 4.69) is 5.32 Å². The van der Waals surface area contributed by atoms with Crippen LogP contribution in [0, 0.1) is 21.7 Å². The number of rotatable bonds is 5. The Morgan fingerprint density at radius 3 is 2.41 bits per heavy atom. The van der Waals surface area contributed by atoms with Gasteiger partial charge in [0, 0.05) is 17.8 Å². The molecule has 3 rings (SSSR count). The molecule has 152 valence electrons. The molecule has 2 aromatic rings. The van der Waals surface area contributed by atoms with Crippen molar-refractivity contribution >= 4 is 23.3 Å². The lowest BCUT2D eigenvalue weighted by Gasteiger charge is -2.19. The third kappa shape index (κ3) is 4.39. The number of esters is 1. The Hall–Kier alpha value is -3.76. The summed E-state index contributed by atoms with van der Waals surface area (Å²) < 4.78 is 41.7. The van der Waals surface area contributed by atoms with Crippen molar-refractivity contribution in [2.75, 3.05) is 18.5 Å². The molecule has 0 saturated heterocycles. The van der Waals surface area contributed by atoms with Crippen LogP contribution in [-0.4, -0.2) is 36.1 Å². The van der Waals surface area contributed by atoms with Gasteiger partial charge in [-0.3, -0.25) is 14.9 Å². The van der Waals surface area contributed by atoms with Gasteiger partial charge in [0.15, 0.2) is 29.2 Å². The van der Waals surface area contributed by atoms with Crippen LogP contribution >= 0.6 is 0 Å². The van der Waals surface area contributed by atoms with Gasteiger partial charge in [-0.1, -0.05) is 0 Å². The topological polar surface area (TPSA) is 117 Å². The zero-order valence-electron chi connectivity index (χ0n) is 14.9. The summed E-state index contributed by atoms with van der Waals surface area (Å²) in [7, 11) is 0. The Kier molecular flexibility index (Phi) is 5.57. The van der Waals surface area contributed by atoms with Crippen LogP contribution in [-0.2, 0) is 9.53 Å². The molecule has 1 atom stereocenters. The number of carbonyl (C=O) groups is 2. The zero-order chi connectivity index (χ0) is 21.1. The molecular weight excluding hydrogens is 394 g/mol. The average Bonchev–Trinajstić information content (AvgIpc) is 2.69. The molecule has 0 aliphatic carbocycles. The van der Waals surface area contributed by atoms with E-state index in [-0.39, 0.29) is 30.4 Å². The molecule has 29 heavy (non-hydrogen) atoms. The van der Waals surface area contributed by atoms with E-state index in [9.17, 15) is 28.5 Å². The van der Waals surface area contributed by atoms with Crippen molar-refractivity contribution < 1.29 is 37.5 Å². The highest BCUT2D eigenvalue weighted by Crippen LogP contribution is 2.37. The number of hydrogen-bond donors (Lipinski definition) is 1. The molecule has 2 aromatic carbocycles. The summed E-state index contributed by atoms with van der Waals surface area (Å²) in [6.07, 6.45) is -1.39. The van der Waals surface area contributed by atoms with E-state index < -0.39 is 45.8 Å². The minimum absolute atomic E-state index is 0.0536. The number of ether oxygens (including phenoxy) is 3. The third-order valence-electron chi connectivity index (χ3n) is 3.92. The fourth-order valence-corrected chi connectivity index (χ4v) is 2.49. The van der Waals surface area contributed by atoms with E-state index in [1.54, 1.807) is 0 Å². The molecular formula is C18H14F2N2O7. The highest BCUT2D eigenvalue weighted by atomic mass is 19.2. The number of nitro groups is 1. The summed E-state index contributed by atoms with van der Waals surface area (Å²) >= 11 is 0. The SMILES string of the molecule is C[C@@H](OC(=O)c1cc2c(cc1[N+](=O)[O-])OCCO2)C(=O)Nc1ccc(F)c(F)c1. The lowest BCUT2D eigenvalue weighted by Crippen LogP contribution is -2.30. The number of fused-ring (bicyclic) bond motifs is 1. The van der Waals surface area contributed by atoms with E-state index in [1.807, 2.05) is 0 Å². The second-order valence-corrected chi connectivity index (χ2v) is 5.94. The van der Waals surface area contributed by atoms with Crippen molar-refractivity contribution in [1.82, 2.24) is 0 Å². The average molecular weight is 408 g/mol. The number of benzene rings is 2. The van der Waals surface area contributed by atoms with Gasteiger partial charge >= 0.3 is 5.97 Å². The molecule has 11 heteroatoms. The number of nitrogens with zero attached hydrogens (tertiary/aromatic N) is 1. The summed E-state index contributed by atoms with van der Waals surface area (Å²) in [5.41, 5.74) is -1.05. The van der Waals surface area contributed by atoms with Crippen LogP contribution in [0.25, 0.3) is 0 Å². The molecule has 1 amide bonds. The third-order valence-corrected chi connectivity index (χ3v) is 3.92. The van der Waals surface area contributed by atoms with Crippen LogP contribution in [0.3, 0.4) is 0 Å². The number of nitrogens with one attached hydrogen (secondary N) is 1.